The molecule has 3 rings (SSSR count). The van der Waals surface area contributed by atoms with Crippen molar-refractivity contribution in [2.24, 2.45) is 7.05 Å². The monoisotopic (exact) mass is 428 g/mol. The molecule has 0 unspecified atom stereocenters. The molecule has 1 amide bonds. The van der Waals surface area contributed by atoms with Crippen molar-refractivity contribution in [3.8, 4) is 11.3 Å². The Morgan fingerprint density at radius 1 is 1.14 bits per heavy atom. The first-order valence-corrected chi connectivity index (χ1v) is 8.88. The Hall–Kier alpha value is -2.94. The molecule has 1 N–H and O–H groups in total. The molecule has 1 aromatic carbocycles. The van der Waals surface area contributed by atoms with Crippen LogP contribution in [0.4, 0.5) is 23.4 Å². The average Bonchev–Trinajstić information content (AvgIpc) is 3.06. The number of nitrogens with one attached hydrogen (secondary N) is 1. The molecule has 2 aromatic heterocycles. The summed E-state index contributed by atoms with van der Waals surface area (Å²) in [5.74, 6) is -1.76. The minimum absolute atomic E-state index is 0.101. The fraction of sp³-hybridized carbons (Fsp3) is 0.211. The van der Waals surface area contributed by atoms with Gasteiger partial charge in [0.1, 0.15) is 5.82 Å². The highest BCUT2D eigenvalue weighted by Crippen LogP contribution is 2.32. The zero-order chi connectivity index (χ0) is 21.8. The predicted molar refractivity (Wildman–Crippen MR) is 102 cm³/mol. The Labute approximate surface area is 169 Å². The zero-order valence-electron chi connectivity index (χ0n) is 15.7. The van der Waals surface area contributed by atoms with Crippen molar-refractivity contribution in [2.45, 2.75) is 20.0 Å². The number of carbonyl (C=O) groups is 1. The van der Waals surface area contributed by atoms with Crippen molar-refractivity contribution in [1.29, 1.82) is 0 Å². The predicted octanol–water partition coefficient (Wildman–Crippen LogP) is 5.57. The summed E-state index contributed by atoms with van der Waals surface area (Å²) in [4.78, 5) is 15.8. The van der Waals surface area contributed by atoms with E-state index in [0.717, 1.165) is 10.7 Å². The van der Waals surface area contributed by atoms with E-state index in [9.17, 15) is 22.4 Å². The Bertz CT molecular complexity index is 1020. The van der Waals surface area contributed by atoms with Crippen LogP contribution in [0.25, 0.3) is 11.3 Å². The first-order valence-electron chi connectivity index (χ1n) is 8.51. The van der Waals surface area contributed by atoms with Crippen LogP contribution < -0.4 is 5.32 Å². The molecule has 0 bridgehead atoms. The molecule has 2 heterocycles. The van der Waals surface area contributed by atoms with Crippen LogP contribution in [0.2, 0.25) is 5.02 Å². The number of rotatable bonds is 3. The third-order valence-corrected chi connectivity index (χ3v) is 3.98. The van der Waals surface area contributed by atoms with Crippen LogP contribution in [0, 0.1) is 5.95 Å². The number of hydrogen-bond donors (Lipinski definition) is 1. The van der Waals surface area contributed by atoms with Gasteiger partial charge in [0.15, 0.2) is 5.69 Å². The number of carbonyl (C=O) groups excluding carboxylic acids is 1. The van der Waals surface area contributed by atoms with E-state index < -0.39 is 23.7 Å². The van der Waals surface area contributed by atoms with Crippen molar-refractivity contribution in [3.05, 3.63) is 64.7 Å². The van der Waals surface area contributed by atoms with Gasteiger partial charge in [0.05, 0.1) is 21.8 Å². The quantitative estimate of drug-likeness (QED) is 0.438. The fourth-order valence-corrected chi connectivity index (χ4v) is 2.60. The van der Waals surface area contributed by atoms with E-state index in [0.29, 0.717) is 0 Å². The molecule has 5 nitrogen and oxygen atoms in total. The van der Waals surface area contributed by atoms with E-state index in [2.05, 4.69) is 15.4 Å². The summed E-state index contributed by atoms with van der Waals surface area (Å²) in [7, 11) is 1.26. The summed E-state index contributed by atoms with van der Waals surface area (Å²) >= 11 is 5.92. The van der Waals surface area contributed by atoms with Gasteiger partial charge >= 0.3 is 6.18 Å². The summed E-state index contributed by atoms with van der Waals surface area (Å²) in [5.41, 5.74) is -1.25. The summed E-state index contributed by atoms with van der Waals surface area (Å²) in [6.07, 6.45) is -4.65. The van der Waals surface area contributed by atoms with Crippen LogP contribution in [0.1, 0.15) is 29.9 Å². The van der Waals surface area contributed by atoms with Crippen molar-refractivity contribution < 1.29 is 22.4 Å². The number of alkyl halides is 3. The summed E-state index contributed by atoms with van der Waals surface area (Å²) in [5, 5.41) is 5.93. The molecule has 0 radical (unpaired) electrons. The van der Waals surface area contributed by atoms with Crippen molar-refractivity contribution in [1.82, 2.24) is 14.8 Å². The first kappa shape index (κ1) is 22.4. The molecule has 10 heteroatoms. The largest absolute Gasteiger partial charge is 0.435 e. The van der Waals surface area contributed by atoms with E-state index >= 15 is 0 Å². The number of pyridine rings is 1. The van der Waals surface area contributed by atoms with Gasteiger partial charge in [-0.3, -0.25) is 9.48 Å². The maximum atomic E-state index is 14.3. The number of nitrogens with zero attached hydrogens (tertiary/aromatic N) is 3. The van der Waals surface area contributed by atoms with Gasteiger partial charge in [-0.15, -0.1) is 0 Å². The van der Waals surface area contributed by atoms with Crippen LogP contribution in [-0.4, -0.2) is 20.7 Å². The molecular formula is C19H17ClF4N4O. The number of halogens is 5. The van der Waals surface area contributed by atoms with Crippen molar-refractivity contribution >= 4 is 23.3 Å². The lowest BCUT2D eigenvalue weighted by Gasteiger charge is -2.08. The van der Waals surface area contributed by atoms with E-state index in [1.165, 1.54) is 31.3 Å². The molecule has 0 atom stereocenters. The first-order chi connectivity index (χ1) is 13.7. The molecule has 0 saturated heterocycles. The Kier molecular flexibility index (Phi) is 6.97. The van der Waals surface area contributed by atoms with Crippen LogP contribution in [0.5, 0.6) is 0 Å². The highest BCUT2D eigenvalue weighted by Gasteiger charge is 2.35. The molecule has 0 saturated carbocycles. The summed E-state index contributed by atoms with van der Waals surface area (Å²) in [6.45, 7) is 4.00. The van der Waals surface area contributed by atoms with E-state index in [1.807, 2.05) is 13.8 Å². The van der Waals surface area contributed by atoms with Crippen LogP contribution in [-0.2, 0) is 13.2 Å². The number of aromatic nitrogens is 3. The number of amides is 1. The second-order valence-corrected chi connectivity index (χ2v) is 5.91. The molecule has 29 heavy (non-hydrogen) atoms. The Morgan fingerprint density at radius 3 is 2.34 bits per heavy atom. The van der Waals surface area contributed by atoms with Crippen molar-refractivity contribution in [2.75, 3.05) is 5.32 Å². The molecule has 3 aromatic rings. The van der Waals surface area contributed by atoms with Gasteiger partial charge in [-0.05, 0) is 30.3 Å². The third kappa shape index (κ3) is 5.11. The molecule has 0 fully saturated rings. The number of hydrogen-bond acceptors (Lipinski definition) is 3. The van der Waals surface area contributed by atoms with Crippen LogP contribution in [0.15, 0.2) is 42.5 Å². The lowest BCUT2D eigenvalue weighted by Crippen LogP contribution is -2.14. The van der Waals surface area contributed by atoms with Gasteiger partial charge in [-0.1, -0.05) is 37.6 Å². The minimum Gasteiger partial charge on any atom is -0.306 e. The fourth-order valence-electron chi connectivity index (χ4n) is 2.38. The maximum absolute atomic E-state index is 14.3. The maximum Gasteiger partial charge on any atom is 0.435 e. The lowest BCUT2D eigenvalue weighted by atomic mass is 10.2. The lowest BCUT2D eigenvalue weighted by molar-refractivity contribution is -0.141. The Morgan fingerprint density at radius 2 is 1.79 bits per heavy atom. The SMILES string of the molecule is CC.Cn1nc(C(F)(F)F)cc1-c1ccc(NC(=O)c2ccccc2Cl)nc1F. The smallest absolute Gasteiger partial charge is 0.306 e. The standard InChI is InChI=1S/C17H11ClF4N4O.C2H6/c1-26-12(8-13(25-26)17(20,21)22)10-6-7-14(23-15(10)19)24-16(27)9-4-2-3-5-11(9)18;1-2/h2-8H,1H3,(H,23,24,27);1-2H3. The minimum atomic E-state index is -4.65. The highest BCUT2D eigenvalue weighted by molar-refractivity contribution is 6.34. The normalized spacial score (nSPS) is 10.9. The van der Waals surface area contributed by atoms with Gasteiger partial charge in [-0.25, -0.2) is 4.98 Å². The van der Waals surface area contributed by atoms with Gasteiger partial charge in [-0.2, -0.15) is 22.7 Å². The Balaban J connectivity index is 0.00000145. The number of anilines is 1. The topological polar surface area (TPSA) is 59.8 Å². The zero-order valence-corrected chi connectivity index (χ0v) is 16.4. The highest BCUT2D eigenvalue weighted by atomic mass is 35.5. The van der Waals surface area contributed by atoms with E-state index in [1.54, 1.807) is 12.1 Å². The third-order valence-electron chi connectivity index (χ3n) is 3.66. The van der Waals surface area contributed by atoms with E-state index in [-0.39, 0.29) is 27.7 Å². The summed E-state index contributed by atoms with van der Waals surface area (Å²) in [6, 6.07) is 9.47. The van der Waals surface area contributed by atoms with Gasteiger partial charge in [0.25, 0.3) is 5.91 Å². The second-order valence-electron chi connectivity index (χ2n) is 5.51. The van der Waals surface area contributed by atoms with Gasteiger partial charge < -0.3 is 5.32 Å². The summed E-state index contributed by atoms with van der Waals surface area (Å²) < 4.78 is 53.5. The van der Waals surface area contributed by atoms with Gasteiger partial charge in [0.2, 0.25) is 5.95 Å². The second kappa shape index (κ2) is 9.04. The number of benzene rings is 1. The molecule has 0 aliphatic heterocycles. The van der Waals surface area contributed by atoms with Crippen molar-refractivity contribution in [3.63, 3.8) is 0 Å². The van der Waals surface area contributed by atoms with Crippen LogP contribution in [0.3, 0.4) is 0 Å². The molecule has 0 aliphatic rings. The van der Waals surface area contributed by atoms with E-state index in [4.69, 9.17) is 11.6 Å². The molecule has 154 valence electrons. The molecular weight excluding hydrogens is 412 g/mol. The number of aryl methyl sites for hydroxylation is 1. The van der Waals surface area contributed by atoms with Gasteiger partial charge in [0, 0.05) is 7.05 Å². The average molecular weight is 429 g/mol. The van der Waals surface area contributed by atoms with Crippen LogP contribution >= 0.6 is 11.6 Å². The molecule has 0 aliphatic carbocycles. The molecule has 0 spiro atoms.